The summed E-state index contributed by atoms with van der Waals surface area (Å²) in [4.78, 5) is 37.3. The Labute approximate surface area is 185 Å². The Hall–Kier alpha value is -3.68. The number of piperidine rings is 1. The van der Waals surface area contributed by atoms with Gasteiger partial charge in [0.15, 0.2) is 0 Å². The predicted molar refractivity (Wildman–Crippen MR) is 113 cm³/mol. The number of halogens is 1. The molecule has 0 saturated carbocycles. The number of carbonyl (C=O) groups is 3. The molecule has 168 valence electrons. The van der Waals surface area contributed by atoms with Crippen LogP contribution in [0.5, 0.6) is 5.75 Å². The molecule has 1 aliphatic rings. The van der Waals surface area contributed by atoms with Gasteiger partial charge in [-0.25, -0.2) is 18.8 Å². The predicted octanol–water partition coefficient (Wildman–Crippen LogP) is 3.70. The second-order valence-electron chi connectivity index (χ2n) is 7.32. The van der Waals surface area contributed by atoms with Crippen molar-refractivity contribution in [3.63, 3.8) is 0 Å². The summed E-state index contributed by atoms with van der Waals surface area (Å²) in [6.07, 6.45) is 2.07. The van der Waals surface area contributed by atoms with Crippen LogP contribution in [0.15, 0.2) is 66.7 Å². The first-order chi connectivity index (χ1) is 15.5. The third-order valence-corrected chi connectivity index (χ3v) is 5.24. The summed E-state index contributed by atoms with van der Waals surface area (Å²) in [7, 11) is 1.20. The van der Waals surface area contributed by atoms with Crippen LogP contribution in [0.1, 0.15) is 17.9 Å². The maximum Gasteiger partial charge on any atom is 0.415 e. The van der Waals surface area contributed by atoms with Crippen molar-refractivity contribution in [2.45, 2.75) is 12.3 Å². The number of amides is 1. The fourth-order valence-corrected chi connectivity index (χ4v) is 3.61. The smallest absolute Gasteiger partial charge is 0.415 e. The van der Waals surface area contributed by atoms with Crippen molar-refractivity contribution in [1.29, 1.82) is 0 Å². The Morgan fingerprint density at radius 3 is 2.41 bits per heavy atom. The molecule has 0 aromatic heterocycles. The number of ether oxygens (including phenoxy) is 3. The quantitative estimate of drug-likeness (QED) is 0.502. The molecule has 0 aliphatic carbocycles. The molecule has 7 nitrogen and oxygen atoms in total. The van der Waals surface area contributed by atoms with Crippen molar-refractivity contribution < 1.29 is 33.0 Å². The average Bonchev–Trinajstić information content (AvgIpc) is 2.82. The Bertz CT molecular complexity index is 960. The Morgan fingerprint density at radius 2 is 1.72 bits per heavy atom. The number of likely N-dealkylation sites (tertiary alicyclic amines) is 1. The Balaban J connectivity index is 1.69. The molecule has 1 saturated heterocycles. The summed E-state index contributed by atoms with van der Waals surface area (Å²) in [5.41, 5.74) is 0.897. The van der Waals surface area contributed by atoms with E-state index < -0.39 is 18.0 Å². The van der Waals surface area contributed by atoms with Gasteiger partial charge in [0.05, 0.1) is 13.7 Å². The molecule has 8 heteroatoms. The minimum Gasteiger partial charge on any atom is -0.466 e. The van der Waals surface area contributed by atoms with Gasteiger partial charge in [0.1, 0.15) is 11.6 Å². The molecule has 32 heavy (non-hydrogen) atoms. The molecule has 2 aromatic rings. The van der Waals surface area contributed by atoms with Crippen molar-refractivity contribution in [3.05, 3.63) is 78.1 Å². The minimum absolute atomic E-state index is 0.0154. The van der Waals surface area contributed by atoms with Gasteiger partial charge in [-0.05, 0) is 42.2 Å². The third kappa shape index (κ3) is 6.41. The van der Waals surface area contributed by atoms with E-state index in [1.165, 1.54) is 19.2 Å². The monoisotopic (exact) mass is 441 g/mol. The Kier molecular flexibility index (Phi) is 7.96. The van der Waals surface area contributed by atoms with Crippen LogP contribution in [0.2, 0.25) is 0 Å². The molecule has 2 aromatic carbocycles. The van der Waals surface area contributed by atoms with Gasteiger partial charge in [-0.1, -0.05) is 30.3 Å². The first-order valence-electron chi connectivity index (χ1n) is 10.2. The van der Waals surface area contributed by atoms with Crippen LogP contribution in [-0.4, -0.2) is 49.7 Å². The van der Waals surface area contributed by atoms with Crippen molar-refractivity contribution >= 4 is 18.0 Å². The normalized spacial score (nSPS) is 18.2. The SMILES string of the molecule is COC(=O)C=CC(=O)OC[C@H]1CN(C(=O)Oc2ccccc2)CC[C@@H]1c1ccc(F)cc1. The van der Waals surface area contributed by atoms with Crippen LogP contribution in [0, 0.1) is 11.7 Å². The maximum atomic E-state index is 13.4. The average molecular weight is 441 g/mol. The van der Waals surface area contributed by atoms with E-state index in [1.54, 1.807) is 41.3 Å². The minimum atomic E-state index is -0.697. The van der Waals surface area contributed by atoms with Crippen molar-refractivity contribution in [2.24, 2.45) is 5.92 Å². The van der Waals surface area contributed by atoms with Gasteiger partial charge in [0.2, 0.25) is 0 Å². The van der Waals surface area contributed by atoms with Crippen LogP contribution in [0.3, 0.4) is 0 Å². The Morgan fingerprint density at radius 1 is 1.03 bits per heavy atom. The van der Waals surface area contributed by atoms with Crippen LogP contribution < -0.4 is 4.74 Å². The zero-order valence-corrected chi connectivity index (χ0v) is 17.6. The zero-order chi connectivity index (χ0) is 22.9. The highest BCUT2D eigenvalue weighted by Crippen LogP contribution is 2.34. The molecule has 0 bridgehead atoms. The van der Waals surface area contributed by atoms with Crippen molar-refractivity contribution in [2.75, 3.05) is 26.8 Å². The lowest BCUT2D eigenvalue weighted by Crippen LogP contribution is -2.45. The fourth-order valence-electron chi connectivity index (χ4n) is 3.61. The zero-order valence-electron chi connectivity index (χ0n) is 17.6. The summed E-state index contributed by atoms with van der Waals surface area (Å²) >= 11 is 0. The highest BCUT2D eigenvalue weighted by atomic mass is 19.1. The summed E-state index contributed by atoms with van der Waals surface area (Å²) in [5.74, 6) is -1.56. The van der Waals surface area contributed by atoms with Crippen LogP contribution >= 0.6 is 0 Å². The van der Waals surface area contributed by atoms with Gasteiger partial charge < -0.3 is 19.1 Å². The van der Waals surface area contributed by atoms with Gasteiger partial charge in [-0.15, -0.1) is 0 Å². The number of hydrogen-bond donors (Lipinski definition) is 0. The van der Waals surface area contributed by atoms with E-state index in [-0.39, 0.29) is 24.3 Å². The van der Waals surface area contributed by atoms with Gasteiger partial charge in [0.25, 0.3) is 0 Å². The number of benzene rings is 2. The van der Waals surface area contributed by atoms with Gasteiger partial charge in [-0.3, -0.25) is 0 Å². The first kappa shape index (κ1) is 23.0. The second kappa shape index (κ2) is 11.1. The molecule has 1 aliphatic heterocycles. The molecule has 0 radical (unpaired) electrons. The fraction of sp³-hybridized carbons (Fsp3) is 0.292. The van der Waals surface area contributed by atoms with E-state index in [1.807, 2.05) is 6.07 Å². The lowest BCUT2D eigenvalue weighted by Gasteiger charge is -2.38. The van der Waals surface area contributed by atoms with E-state index in [9.17, 15) is 18.8 Å². The second-order valence-corrected chi connectivity index (χ2v) is 7.32. The lowest BCUT2D eigenvalue weighted by molar-refractivity contribution is -0.141. The third-order valence-electron chi connectivity index (χ3n) is 5.24. The van der Waals surface area contributed by atoms with E-state index in [0.29, 0.717) is 25.3 Å². The summed E-state index contributed by atoms with van der Waals surface area (Å²) in [5, 5.41) is 0. The summed E-state index contributed by atoms with van der Waals surface area (Å²) < 4.78 is 28.6. The number of rotatable bonds is 6. The van der Waals surface area contributed by atoms with Crippen molar-refractivity contribution in [1.82, 2.24) is 4.90 Å². The molecule has 3 rings (SSSR count). The van der Waals surface area contributed by atoms with Crippen LogP contribution in [0.4, 0.5) is 9.18 Å². The number of nitrogens with zero attached hydrogens (tertiary/aromatic N) is 1. The molecule has 2 atom stereocenters. The molecule has 1 amide bonds. The number of carbonyl (C=O) groups excluding carboxylic acids is 3. The number of methoxy groups -OCH3 is 1. The van der Waals surface area contributed by atoms with Gasteiger partial charge in [0, 0.05) is 31.2 Å². The number of para-hydroxylation sites is 1. The van der Waals surface area contributed by atoms with E-state index in [2.05, 4.69) is 4.74 Å². The molecule has 0 spiro atoms. The molecule has 1 heterocycles. The van der Waals surface area contributed by atoms with Gasteiger partial charge >= 0.3 is 18.0 Å². The standard InChI is InChI=1S/C24H24FNO6/c1-30-22(27)11-12-23(28)31-16-18-15-26(24(29)32-20-5-3-2-4-6-20)14-13-21(18)17-7-9-19(25)10-8-17/h2-12,18,21H,13-16H2,1H3/t18-,21-/m1/s1. The topological polar surface area (TPSA) is 82.1 Å². The number of hydrogen-bond acceptors (Lipinski definition) is 6. The maximum absolute atomic E-state index is 13.4. The molecular weight excluding hydrogens is 417 g/mol. The highest BCUT2D eigenvalue weighted by molar-refractivity contribution is 5.91. The van der Waals surface area contributed by atoms with Gasteiger partial charge in [-0.2, -0.15) is 0 Å². The number of esters is 2. The summed E-state index contributed by atoms with van der Waals surface area (Å²) in [6, 6.07) is 14.9. The first-order valence-corrected chi connectivity index (χ1v) is 10.2. The lowest BCUT2D eigenvalue weighted by atomic mass is 9.81. The van der Waals surface area contributed by atoms with Crippen molar-refractivity contribution in [3.8, 4) is 5.75 Å². The molecule has 0 unspecified atom stereocenters. The summed E-state index contributed by atoms with van der Waals surface area (Å²) in [6.45, 7) is 0.754. The molecular formula is C24H24FNO6. The van der Waals surface area contributed by atoms with E-state index >= 15 is 0 Å². The van der Waals surface area contributed by atoms with Crippen LogP contribution in [-0.2, 0) is 19.1 Å². The van der Waals surface area contributed by atoms with E-state index in [4.69, 9.17) is 9.47 Å². The largest absolute Gasteiger partial charge is 0.466 e. The molecule has 1 fully saturated rings. The van der Waals surface area contributed by atoms with Crippen LogP contribution in [0.25, 0.3) is 0 Å². The highest BCUT2D eigenvalue weighted by Gasteiger charge is 2.34. The molecule has 0 N–H and O–H groups in total. The van der Waals surface area contributed by atoms with E-state index in [0.717, 1.165) is 17.7 Å².